The van der Waals surface area contributed by atoms with Crippen molar-refractivity contribution >= 4 is 34.2 Å². The first-order chi connectivity index (χ1) is 12.9. The van der Waals surface area contributed by atoms with Gasteiger partial charge in [-0.25, -0.2) is 0 Å². The van der Waals surface area contributed by atoms with Gasteiger partial charge in [0.05, 0.1) is 5.56 Å². The van der Waals surface area contributed by atoms with Crippen molar-refractivity contribution in [3.8, 4) is 0 Å². The minimum Gasteiger partial charge on any atom is -0.330 e. The van der Waals surface area contributed by atoms with E-state index >= 15 is 0 Å². The van der Waals surface area contributed by atoms with E-state index in [0.717, 1.165) is 5.39 Å². The summed E-state index contributed by atoms with van der Waals surface area (Å²) in [5.74, 6) is -0.754. The lowest BCUT2D eigenvalue weighted by molar-refractivity contribution is -0.116. The molecule has 0 unspecified atom stereocenters. The van der Waals surface area contributed by atoms with Gasteiger partial charge in [0.2, 0.25) is 5.91 Å². The van der Waals surface area contributed by atoms with Crippen LogP contribution in [0.5, 0.6) is 0 Å². The first-order valence-electron chi connectivity index (χ1n) is 9.00. The molecule has 3 N–H and O–H groups in total. The topological polar surface area (TPSA) is 95.7 Å². The van der Waals surface area contributed by atoms with E-state index in [0.29, 0.717) is 54.7 Å². The summed E-state index contributed by atoms with van der Waals surface area (Å²) in [6.45, 7) is 1.34. The number of hydrogen-bond acceptors (Lipinski definition) is 5. The van der Waals surface area contributed by atoms with Gasteiger partial charge in [-0.1, -0.05) is 12.1 Å². The first-order valence-corrected chi connectivity index (χ1v) is 9.00. The van der Waals surface area contributed by atoms with E-state index in [-0.39, 0.29) is 17.7 Å². The third kappa shape index (κ3) is 3.84. The van der Waals surface area contributed by atoms with Crippen LogP contribution >= 0.6 is 0 Å². The zero-order valence-corrected chi connectivity index (χ0v) is 15.6. The number of nitrogens with zero attached hydrogens (tertiary/aromatic N) is 2. The molecule has 3 amide bonds. The molecule has 27 heavy (non-hydrogen) atoms. The van der Waals surface area contributed by atoms with Crippen molar-refractivity contribution in [2.45, 2.75) is 12.8 Å². The number of carbonyl (C=O) groups excluding carboxylic acids is 3. The van der Waals surface area contributed by atoms with Gasteiger partial charge in [-0.3, -0.25) is 19.3 Å². The Labute approximate surface area is 158 Å². The van der Waals surface area contributed by atoms with Crippen LogP contribution in [-0.4, -0.2) is 61.3 Å². The fourth-order valence-corrected chi connectivity index (χ4v) is 3.22. The highest BCUT2D eigenvalue weighted by Gasteiger charge is 2.33. The molecule has 7 heteroatoms. The molecule has 0 spiro atoms. The monoisotopic (exact) mass is 368 g/mol. The minimum atomic E-state index is -0.330. The van der Waals surface area contributed by atoms with E-state index < -0.39 is 0 Å². The number of rotatable bonds is 7. The SMILES string of the molecule is CN(C)CCN1C(=O)c2cccc3cc(NC(=O)CCCN)cc(c23)C1=O. The molecule has 0 saturated heterocycles. The molecule has 7 nitrogen and oxygen atoms in total. The number of benzene rings is 2. The summed E-state index contributed by atoms with van der Waals surface area (Å²) in [5, 5.41) is 4.23. The van der Waals surface area contributed by atoms with Gasteiger partial charge in [0.1, 0.15) is 0 Å². The standard InChI is InChI=1S/C20H24N4O3/c1-23(2)9-10-24-19(26)15-6-3-5-13-11-14(22-17(25)7-4-8-21)12-16(18(13)15)20(24)27/h3,5-6,11-12H,4,7-10,21H2,1-2H3,(H,22,25). The van der Waals surface area contributed by atoms with E-state index in [2.05, 4.69) is 5.32 Å². The Hall–Kier alpha value is -2.77. The van der Waals surface area contributed by atoms with E-state index in [9.17, 15) is 14.4 Å². The van der Waals surface area contributed by atoms with Crippen molar-refractivity contribution in [3.63, 3.8) is 0 Å². The lowest BCUT2D eigenvalue weighted by Crippen LogP contribution is -2.43. The Morgan fingerprint density at radius 2 is 1.89 bits per heavy atom. The lowest BCUT2D eigenvalue weighted by atomic mass is 9.93. The number of nitrogens with one attached hydrogen (secondary N) is 1. The van der Waals surface area contributed by atoms with Crippen LogP contribution in [0.3, 0.4) is 0 Å². The molecule has 2 aromatic carbocycles. The zero-order valence-electron chi connectivity index (χ0n) is 15.6. The van der Waals surface area contributed by atoms with Crippen LogP contribution in [0.2, 0.25) is 0 Å². The van der Waals surface area contributed by atoms with E-state index in [1.165, 1.54) is 4.90 Å². The Morgan fingerprint density at radius 1 is 1.15 bits per heavy atom. The van der Waals surface area contributed by atoms with Crippen LogP contribution in [0.25, 0.3) is 10.8 Å². The second-order valence-electron chi connectivity index (χ2n) is 6.93. The largest absolute Gasteiger partial charge is 0.330 e. The molecule has 1 heterocycles. The number of amides is 3. The molecule has 0 aliphatic carbocycles. The van der Waals surface area contributed by atoms with E-state index in [4.69, 9.17) is 5.73 Å². The second kappa shape index (κ2) is 7.85. The predicted molar refractivity (Wildman–Crippen MR) is 105 cm³/mol. The molecule has 0 bridgehead atoms. The molecule has 0 radical (unpaired) electrons. The number of nitrogens with two attached hydrogens (primary N) is 1. The number of carbonyl (C=O) groups is 3. The minimum absolute atomic E-state index is 0.146. The first kappa shape index (κ1) is 19.0. The molecule has 0 fully saturated rings. The molecule has 2 aromatic rings. The fourth-order valence-electron chi connectivity index (χ4n) is 3.22. The molecule has 1 aliphatic rings. The molecule has 0 atom stereocenters. The van der Waals surface area contributed by atoms with Gasteiger partial charge < -0.3 is 16.0 Å². The zero-order chi connectivity index (χ0) is 19.6. The molecule has 0 aromatic heterocycles. The van der Waals surface area contributed by atoms with Gasteiger partial charge in [0.25, 0.3) is 11.8 Å². The molecular formula is C20H24N4O3. The Kier molecular flexibility index (Phi) is 5.53. The summed E-state index contributed by atoms with van der Waals surface area (Å²) < 4.78 is 0. The highest BCUT2D eigenvalue weighted by Crippen LogP contribution is 2.32. The van der Waals surface area contributed by atoms with Gasteiger partial charge in [-0.15, -0.1) is 0 Å². The summed E-state index contributed by atoms with van der Waals surface area (Å²) >= 11 is 0. The van der Waals surface area contributed by atoms with Crippen LogP contribution in [0, 0.1) is 0 Å². The van der Waals surface area contributed by atoms with Crippen molar-refractivity contribution in [3.05, 3.63) is 41.5 Å². The average molecular weight is 368 g/mol. The molecule has 0 saturated carbocycles. The number of imide groups is 1. The van der Waals surface area contributed by atoms with Crippen LogP contribution < -0.4 is 11.1 Å². The summed E-state index contributed by atoms with van der Waals surface area (Å²) in [4.78, 5) is 41.0. The summed E-state index contributed by atoms with van der Waals surface area (Å²) in [6.07, 6.45) is 0.924. The third-order valence-electron chi connectivity index (χ3n) is 4.59. The Bertz CT molecular complexity index is 907. The number of anilines is 1. The van der Waals surface area contributed by atoms with Gasteiger partial charge in [-0.05, 0) is 50.6 Å². The van der Waals surface area contributed by atoms with Crippen molar-refractivity contribution in [2.24, 2.45) is 5.73 Å². The van der Waals surface area contributed by atoms with Gasteiger partial charge in [0.15, 0.2) is 0 Å². The number of hydrogen-bond donors (Lipinski definition) is 2. The summed E-state index contributed by atoms with van der Waals surface area (Å²) in [7, 11) is 3.78. The maximum absolute atomic E-state index is 13.0. The van der Waals surface area contributed by atoms with Crippen molar-refractivity contribution in [2.75, 3.05) is 39.0 Å². The average Bonchev–Trinajstić information content (AvgIpc) is 2.63. The van der Waals surface area contributed by atoms with Crippen molar-refractivity contribution in [1.82, 2.24) is 9.80 Å². The Morgan fingerprint density at radius 3 is 2.59 bits per heavy atom. The smallest absolute Gasteiger partial charge is 0.261 e. The maximum atomic E-state index is 13.0. The molecular weight excluding hydrogens is 344 g/mol. The van der Waals surface area contributed by atoms with Crippen LogP contribution in [-0.2, 0) is 4.79 Å². The quantitative estimate of drug-likeness (QED) is 0.725. The van der Waals surface area contributed by atoms with Crippen molar-refractivity contribution in [1.29, 1.82) is 0 Å². The van der Waals surface area contributed by atoms with Crippen LogP contribution in [0.15, 0.2) is 30.3 Å². The van der Waals surface area contributed by atoms with Crippen LogP contribution in [0.4, 0.5) is 5.69 Å². The molecule has 1 aliphatic heterocycles. The van der Waals surface area contributed by atoms with Gasteiger partial charge >= 0.3 is 0 Å². The normalized spacial score (nSPS) is 13.6. The molecule has 142 valence electrons. The predicted octanol–water partition coefficient (Wildman–Crippen LogP) is 1.67. The van der Waals surface area contributed by atoms with Crippen LogP contribution in [0.1, 0.15) is 33.6 Å². The lowest BCUT2D eigenvalue weighted by Gasteiger charge is -2.28. The summed E-state index contributed by atoms with van der Waals surface area (Å²) in [5.41, 5.74) is 6.95. The third-order valence-corrected chi connectivity index (χ3v) is 4.59. The molecule has 3 rings (SSSR count). The summed E-state index contributed by atoms with van der Waals surface area (Å²) in [6, 6.07) is 8.82. The number of likely N-dealkylation sites (N-methyl/N-ethyl adjacent to an activating group) is 1. The van der Waals surface area contributed by atoms with Gasteiger partial charge in [0, 0.05) is 36.1 Å². The van der Waals surface area contributed by atoms with E-state index in [1.54, 1.807) is 24.3 Å². The highest BCUT2D eigenvalue weighted by atomic mass is 16.2. The van der Waals surface area contributed by atoms with Crippen molar-refractivity contribution < 1.29 is 14.4 Å². The van der Waals surface area contributed by atoms with E-state index in [1.807, 2.05) is 25.1 Å². The van der Waals surface area contributed by atoms with Gasteiger partial charge in [-0.2, -0.15) is 0 Å². The Balaban J connectivity index is 2.00. The fraction of sp³-hybridized carbons (Fsp3) is 0.350. The maximum Gasteiger partial charge on any atom is 0.261 e. The second-order valence-corrected chi connectivity index (χ2v) is 6.93. The highest BCUT2D eigenvalue weighted by molar-refractivity contribution is 6.26.